The van der Waals surface area contributed by atoms with Gasteiger partial charge in [0.2, 0.25) is 5.91 Å². The van der Waals surface area contributed by atoms with Gasteiger partial charge in [-0.1, -0.05) is 19.1 Å². The summed E-state index contributed by atoms with van der Waals surface area (Å²) in [6.45, 7) is 4.36. The molecule has 1 fully saturated rings. The Morgan fingerprint density at radius 1 is 1.39 bits per heavy atom. The third-order valence-electron chi connectivity index (χ3n) is 3.33. The number of likely N-dealkylation sites (tertiary alicyclic amines) is 1. The first-order chi connectivity index (χ1) is 8.70. The van der Waals surface area contributed by atoms with E-state index in [0.717, 1.165) is 31.5 Å². The molecule has 1 amide bonds. The van der Waals surface area contributed by atoms with E-state index in [1.54, 1.807) is 12.1 Å². The Hall–Kier alpha value is -1.42. The first-order valence-electron chi connectivity index (χ1n) is 6.47. The van der Waals surface area contributed by atoms with Crippen molar-refractivity contribution in [1.29, 1.82) is 0 Å². The average molecular weight is 250 g/mol. The molecule has 2 rings (SSSR count). The molecule has 1 saturated heterocycles. The highest BCUT2D eigenvalue weighted by molar-refractivity contribution is 5.83. The minimum Gasteiger partial charge on any atom is -0.341 e. The van der Waals surface area contributed by atoms with Crippen LogP contribution < -0.4 is 5.32 Å². The molecule has 18 heavy (non-hydrogen) atoms. The summed E-state index contributed by atoms with van der Waals surface area (Å²) >= 11 is 0. The van der Waals surface area contributed by atoms with Crippen LogP contribution >= 0.6 is 0 Å². The molecular formula is C14H19FN2O. The third-order valence-corrected chi connectivity index (χ3v) is 3.33. The standard InChI is InChI=1S/C14H19FN2O/c1-2-16-13-8-10-17(14(13)18)9-7-11-3-5-12(15)6-4-11/h3-6,13,16H,2,7-10H2,1H3. The van der Waals surface area contributed by atoms with E-state index in [9.17, 15) is 9.18 Å². The van der Waals surface area contributed by atoms with Gasteiger partial charge < -0.3 is 10.2 Å². The van der Waals surface area contributed by atoms with Crippen LogP contribution in [-0.2, 0) is 11.2 Å². The minimum atomic E-state index is -0.219. The monoisotopic (exact) mass is 250 g/mol. The normalized spacial score (nSPS) is 19.6. The number of amides is 1. The highest BCUT2D eigenvalue weighted by atomic mass is 19.1. The molecule has 0 spiro atoms. The number of hydrogen-bond acceptors (Lipinski definition) is 2. The zero-order valence-electron chi connectivity index (χ0n) is 10.7. The Labute approximate surface area is 107 Å². The molecule has 3 nitrogen and oxygen atoms in total. The van der Waals surface area contributed by atoms with Gasteiger partial charge in [0.15, 0.2) is 0 Å². The van der Waals surface area contributed by atoms with Crippen LogP contribution in [-0.4, -0.2) is 36.5 Å². The van der Waals surface area contributed by atoms with Crippen LogP contribution in [0.2, 0.25) is 0 Å². The molecule has 0 aromatic heterocycles. The Morgan fingerprint density at radius 3 is 2.78 bits per heavy atom. The van der Waals surface area contributed by atoms with E-state index in [2.05, 4.69) is 5.32 Å². The van der Waals surface area contributed by atoms with Gasteiger partial charge in [0.25, 0.3) is 0 Å². The maximum Gasteiger partial charge on any atom is 0.239 e. The zero-order chi connectivity index (χ0) is 13.0. The second-order valence-corrected chi connectivity index (χ2v) is 4.60. The van der Waals surface area contributed by atoms with Gasteiger partial charge in [0.1, 0.15) is 5.82 Å². The summed E-state index contributed by atoms with van der Waals surface area (Å²) in [4.78, 5) is 13.9. The Balaban J connectivity index is 1.84. The fraction of sp³-hybridized carbons (Fsp3) is 0.500. The van der Waals surface area contributed by atoms with Crippen molar-refractivity contribution >= 4 is 5.91 Å². The molecule has 1 aliphatic rings. The van der Waals surface area contributed by atoms with E-state index < -0.39 is 0 Å². The Bertz CT molecular complexity index is 405. The first kappa shape index (κ1) is 13.0. The number of hydrogen-bond donors (Lipinski definition) is 1. The molecule has 1 aromatic rings. The van der Waals surface area contributed by atoms with Gasteiger partial charge in [-0.05, 0) is 37.1 Å². The van der Waals surface area contributed by atoms with Crippen LogP contribution in [0.25, 0.3) is 0 Å². The summed E-state index contributed by atoms with van der Waals surface area (Å²) in [6.07, 6.45) is 1.67. The van der Waals surface area contributed by atoms with Gasteiger partial charge in [-0.25, -0.2) is 4.39 Å². The predicted octanol–water partition coefficient (Wildman–Crippen LogP) is 1.58. The number of nitrogens with zero attached hydrogens (tertiary/aromatic N) is 1. The molecule has 0 aliphatic carbocycles. The van der Waals surface area contributed by atoms with Crippen molar-refractivity contribution in [1.82, 2.24) is 10.2 Å². The fourth-order valence-electron chi connectivity index (χ4n) is 2.31. The number of carbonyl (C=O) groups excluding carboxylic acids is 1. The molecule has 4 heteroatoms. The molecule has 1 heterocycles. The second-order valence-electron chi connectivity index (χ2n) is 4.60. The lowest BCUT2D eigenvalue weighted by atomic mass is 10.1. The predicted molar refractivity (Wildman–Crippen MR) is 68.8 cm³/mol. The second kappa shape index (κ2) is 5.96. The molecule has 1 aromatic carbocycles. The Morgan fingerprint density at radius 2 is 2.11 bits per heavy atom. The van der Waals surface area contributed by atoms with Gasteiger partial charge in [-0.15, -0.1) is 0 Å². The maximum absolute atomic E-state index is 12.8. The van der Waals surface area contributed by atoms with Gasteiger partial charge in [0.05, 0.1) is 6.04 Å². The van der Waals surface area contributed by atoms with Gasteiger partial charge in [0, 0.05) is 13.1 Å². The first-order valence-corrected chi connectivity index (χ1v) is 6.47. The molecule has 0 saturated carbocycles. The Kier molecular flexibility index (Phi) is 4.31. The highest BCUT2D eigenvalue weighted by Crippen LogP contribution is 2.12. The molecule has 1 atom stereocenters. The fourth-order valence-corrected chi connectivity index (χ4v) is 2.31. The van der Waals surface area contributed by atoms with E-state index in [4.69, 9.17) is 0 Å². The van der Waals surface area contributed by atoms with Gasteiger partial charge in [-0.2, -0.15) is 0 Å². The smallest absolute Gasteiger partial charge is 0.239 e. The minimum absolute atomic E-state index is 0.0109. The van der Waals surface area contributed by atoms with Crippen molar-refractivity contribution < 1.29 is 9.18 Å². The quantitative estimate of drug-likeness (QED) is 0.860. The van der Waals surface area contributed by atoms with Gasteiger partial charge in [-0.3, -0.25) is 4.79 Å². The van der Waals surface area contributed by atoms with Crippen molar-refractivity contribution in [2.75, 3.05) is 19.6 Å². The molecule has 1 unspecified atom stereocenters. The number of halogens is 1. The number of rotatable bonds is 5. The van der Waals surface area contributed by atoms with Crippen molar-refractivity contribution in [3.63, 3.8) is 0 Å². The summed E-state index contributed by atoms with van der Waals surface area (Å²) in [5.41, 5.74) is 1.07. The van der Waals surface area contributed by atoms with Crippen molar-refractivity contribution in [3.8, 4) is 0 Å². The molecule has 0 bridgehead atoms. The van der Waals surface area contributed by atoms with E-state index >= 15 is 0 Å². The number of nitrogens with one attached hydrogen (secondary N) is 1. The molecule has 98 valence electrons. The van der Waals surface area contributed by atoms with Crippen molar-refractivity contribution in [2.45, 2.75) is 25.8 Å². The van der Waals surface area contributed by atoms with Crippen molar-refractivity contribution in [2.24, 2.45) is 0 Å². The summed E-state index contributed by atoms with van der Waals surface area (Å²) in [7, 11) is 0. The van der Waals surface area contributed by atoms with Crippen LogP contribution in [0.4, 0.5) is 4.39 Å². The highest BCUT2D eigenvalue weighted by Gasteiger charge is 2.30. The zero-order valence-corrected chi connectivity index (χ0v) is 10.7. The summed E-state index contributed by atoms with van der Waals surface area (Å²) in [6, 6.07) is 6.46. The molecule has 0 radical (unpaired) electrons. The van der Waals surface area contributed by atoms with Gasteiger partial charge >= 0.3 is 0 Å². The lowest BCUT2D eigenvalue weighted by molar-refractivity contribution is -0.129. The van der Waals surface area contributed by atoms with E-state index in [1.807, 2.05) is 11.8 Å². The number of benzene rings is 1. The number of carbonyl (C=O) groups is 1. The lowest BCUT2D eigenvalue weighted by Gasteiger charge is -2.16. The largest absolute Gasteiger partial charge is 0.341 e. The number of likely N-dealkylation sites (N-methyl/N-ethyl adjacent to an activating group) is 1. The van der Waals surface area contributed by atoms with Crippen LogP contribution in [0.15, 0.2) is 24.3 Å². The summed E-state index contributed by atoms with van der Waals surface area (Å²) in [5.74, 6) is -0.0258. The third kappa shape index (κ3) is 3.07. The van der Waals surface area contributed by atoms with Crippen LogP contribution in [0, 0.1) is 5.82 Å². The van der Waals surface area contributed by atoms with E-state index in [0.29, 0.717) is 6.54 Å². The van der Waals surface area contributed by atoms with Crippen molar-refractivity contribution in [3.05, 3.63) is 35.6 Å². The summed E-state index contributed by atoms with van der Waals surface area (Å²) in [5, 5.41) is 3.19. The van der Waals surface area contributed by atoms with E-state index in [1.165, 1.54) is 12.1 Å². The SMILES string of the molecule is CCNC1CCN(CCc2ccc(F)cc2)C1=O. The molecule has 1 N–H and O–H groups in total. The van der Waals surface area contributed by atoms with Crippen LogP contribution in [0.1, 0.15) is 18.9 Å². The molecular weight excluding hydrogens is 231 g/mol. The summed E-state index contributed by atoms with van der Waals surface area (Å²) < 4.78 is 12.8. The molecule has 1 aliphatic heterocycles. The lowest BCUT2D eigenvalue weighted by Crippen LogP contribution is -2.38. The topological polar surface area (TPSA) is 32.3 Å². The van der Waals surface area contributed by atoms with Crippen LogP contribution in [0.5, 0.6) is 0 Å². The van der Waals surface area contributed by atoms with E-state index in [-0.39, 0.29) is 17.8 Å². The average Bonchev–Trinajstić information content (AvgIpc) is 2.71. The maximum atomic E-state index is 12.8. The van der Waals surface area contributed by atoms with Crippen LogP contribution in [0.3, 0.4) is 0 Å².